The molecule has 2 heteroatoms. The smallest absolute Gasteiger partial charge is 0.248 e. The average molecular weight is 245 g/mol. The summed E-state index contributed by atoms with van der Waals surface area (Å²) in [5.74, 6) is -0.0639. The minimum atomic E-state index is -0.0639. The van der Waals surface area contributed by atoms with Gasteiger partial charge < -0.3 is 5.32 Å². The van der Waals surface area contributed by atoms with Crippen LogP contribution in [0, 0.1) is 6.92 Å². The average Bonchev–Trinajstić information content (AvgIpc) is 2.28. The first-order valence-electron chi connectivity index (χ1n) is 6.43. The number of hydrogen-bond donors (Lipinski definition) is 1. The van der Waals surface area contributed by atoms with E-state index < -0.39 is 0 Å². The van der Waals surface area contributed by atoms with E-state index in [1.807, 2.05) is 19.9 Å². The van der Waals surface area contributed by atoms with Crippen LogP contribution in [0.25, 0.3) is 0 Å². The maximum atomic E-state index is 11.7. The third-order valence-electron chi connectivity index (χ3n) is 2.87. The van der Waals surface area contributed by atoms with Gasteiger partial charge >= 0.3 is 0 Å². The molecule has 0 aliphatic rings. The number of amides is 1. The molecule has 1 rings (SSSR count). The van der Waals surface area contributed by atoms with Gasteiger partial charge in [-0.15, -0.1) is 0 Å². The van der Waals surface area contributed by atoms with Gasteiger partial charge in [-0.2, -0.15) is 0 Å². The van der Waals surface area contributed by atoms with Crippen molar-refractivity contribution in [3.05, 3.63) is 41.5 Å². The van der Waals surface area contributed by atoms with Crippen LogP contribution in [0.3, 0.4) is 0 Å². The first kappa shape index (κ1) is 14.5. The van der Waals surface area contributed by atoms with Crippen LogP contribution in [0.5, 0.6) is 0 Å². The van der Waals surface area contributed by atoms with E-state index in [-0.39, 0.29) is 11.3 Å². The second-order valence-electron chi connectivity index (χ2n) is 5.58. The van der Waals surface area contributed by atoms with Crippen molar-refractivity contribution in [2.75, 3.05) is 5.32 Å². The number of allylic oxidation sites excluding steroid dienone is 1. The van der Waals surface area contributed by atoms with Gasteiger partial charge in [0.25, 0.3) is 0 Å². The van der Waals surface area contributed by atoms with Crippen LogP contribution in [0.1, 0.15) is 45.2 Å². The standard InChI is InChI=1S/C16H23NO/c1-6-7-8-15(18)17-14-11-13(16(3,4)5)10-9-12(14)2/h7-11H,6H2,1-5H3,(H,17,18)/b8-7+. The topological polar surface area (TPSA) is 29.1 Å². The molecule has 0 unspecified atom stereocenters. The van der Waals surface area contributed by atoms with Gasteiger partial charge in [0.05, 0.1) is 0 Å². The zero-order chi connectivity index (χ0) is 13.8. The molecule has 0 heterocycles. The summed E-state index contributed by atoms with van der Waals surface area (Å²) in [6.07, 6.45) is 4.32. The zero-order valence-corrected chi connectivity index (χ0v) is 12.0. The molecule has 1 amide bonds. The normalized spacial score (nSPS) is 11.8. The van der Waals surface area contributed by atoms with Gasteiger partial charge in [0.15, 0.2) is 0 Å². The molecule has 1 aromatic rings. The molecule has 0 spiro atoms. The van der Waals surface area contributed by atoms with Crippen LogP contribution in [-0.4, -0.2) is 5.91 Å². The Balaban J connectivity index is 2.95. The molecule has 0 fully saturated rings. The molecule has 18 heavy (non-hydrogen) atoms. The predicted octanol–water partition coefficient (Wildman–Crippen LogP) is 4.20. The quantitative estimate of drug-likeness (QED) is 0.795. The monoisotopic (exact) mass is 245 g/mol. The summed E-state index contributed by atoms with van der Waals surface area (Å²) >= 11 is 0. The van der Waals surface area contributed by atoms with Gasteiger partial charge in [-0.1, -0.05) is 45.9 Å². The van der Waals surface area contributed by atoms with E-state index in [9.17, 15) is 4.79 Å². The third-order valence-corrected chi connectivity index (χ3v) is 2.87. The minimum absolute atomic E-state index is 0.0639. The molecule has 2 nitrogen and oxygen atoms in total. The second kappa shape index (κ2) is 5.85. The highest BCUT2D eigenvalue weighted by Gasteiger charge is 2.15. The summed E-state index contributed by atoms with van der Waals surface area (Å²) in [5.41, 5.74) is 3.30. The lowest BCUT2D eigenvalue weighted by Gasteiger charge is -2.20. The van der Waals surface area contributed by atoms with Crippen molar-refractivity contribution in [3.63, 3.8) is 0 Å². The van der Waals surface area contributed by atoms with Crippen LogP contribution < -0.4 is 5.32 Å². The molecule has 1 N–H and O–H groups in total. The summed E-state index contributed by atoms with van der Waals surface area (Å²) in [4.78, 5) is 11.7. The van der Waals surface area contributed by atoms with Crippen molar-refractivity contribution < 1.29 is 4.79 Å². The molecule has 0 saturated carbocycles. The van der Waals surface area contributed by atoms with Gasteiger partial charge in [0, 0.05) is 5.69 Å². The number of aryl methyl sites for hydroxylation is 1. The number of nitrogens with one attached hydrogen (secondary N) is 1. The summed E-state index contributed by atoms with van der Waals surface area (Å²) in [7, 11) is 0. The van der Waals surface area contributed by atoms with Crippen LogP contribution >= 0.6 is 0 Å². The molecule has 0 saturated heterocycles. The molecule has 0 aliphatic heterocycles. The van der Waals surface area contributed by atoms with E-state index in [1.165, 1.54) is 5.56 Å². The largest absolute Gasteiger partial charge is 0.322 e. The Morgan fingerprint density at radius 2 is 2.00 bits per heavy atom. The third kappa shape index (κ3) is 4.02. The Morgan fingerprint density at radius 3 is 2.56 bits per heavy atom. The van der Waals surface area contributed by atoms with Crippen molar-refractivity contribution in [2.24, 2.45) is 0 Å². The highest BCUT2D eigenvalue weighted by Crippen LogP contribution is 2.26. The lowest BCUT2D eigenvalue weighted by molar-refractivity contribution is -0.111. The maximum Gasteiger partial charge on any atom is 0.248 e. The van der Waals surface area contributed by atoms with Crippen LogP contribution in [0.15, 0.2) is 30.4 Å². The van der Waals surface area contributed by atoms with E-state index in [1.54, 1.807) is 6.08 Å². The summed E-state index contributed by atoms with van der Waals surface area (Å²) in [6, 6.07) is 6.24. The lowest BCUT2D eigenvalue weighted by Crippen LogP contribution is -2.14. The van der Waals surface area contributed by atoms with Crippen LogP contribution in [-0.2, 0) is 10.2 Å². The summed E-state index contributed by atoms with van der Waals surface area (Å²) in [5, 5.41) is 2.93. The van der Waals surface area contributed by atoms with Crippen LogP contribution in [0.4, 0.5) is 5.69 Å². The molecule has 0 atom stereocenters. The zero-order valence-electron chi connectivity index (χ0n) is 12.0. The van der Waals surface area contributed by atoms with Crippen molar-refractivity contribution in [3.8, 4) is 0 Å². The van der Waals surface area contributed by atoms with Crippen molar-refractivity contribution >= 4 is 11.6 Å². The molecule has 0 aliphatic carbocycles. The highest BCUT2D eigenvalue weighted by molar-refractivity contribution is 5.99. The van der Waals surface area contributed by atoms with Gasteiger partial charge in [0.1, 0.15) is 0 Å². The van der Waals surface area contributed by atoms with Gasteiger partial charge in [-0.05, 0) is 42.0 Å². The van der Waals surface area contributed by atoms with E-state index in [2.05, 4.69) is 44.3 Å². The van der Waals surface area contributed by atoms with Gasteiger partial charge in [0.2, 0.25) is 5.91 Å². The fourth-order valence-corrected chi connectivity index (χ4v) is 1.62. The fourth-order valence-electron chi connectivity index (χ4n) is 1.62. The Labute approximate surface area is 110 Å². The van der Waals surface area contributed by atoms with Crippen molar-refractivity contribution in [2.45, 2.75) is 46.5 Å². The fraction of sp³-hybridized carbons (Fsp3) is 0.438. The summed E-state index contributed by atoms with van der Waals surface area (Å²) in [6.45, 7) is 10.5. The van der Waals surface area contributed by atoms with Crippen LogP contribution in [0.2, 0.25) is 0 Å². The van der Waals surface area contributed by atoms with E-state index in [4.69, 9.17) is 0 Å². The molecular formula is C16H23NO. The predicted molar refractivity (Wildman–Crippen MR) is 77.9 cm³/mol. The van der Waals surface area contributed by atoms with E-state index in [0.29, 0.717) is 0 Å². The number of carbonyl (C=O) groups excluding carboxylic acids is 1. The Kier molecular flexibility index (Phi) is 4.71. The van der Waals surface area contributed by atoms with E-state index in [0.717, 1.165) is 17.7 Å². The molecule has 1 aromatic carbocycles. The van der Waals surface area contributed by atoms with Crippen molar-refractivity contribution in [1.29, 1.82) is 0 Å². The first-order valence-corrected chi connectivity index (χ1v) is 6.43. The highest BCUT2D eigenvalue weighted by atomic mass is 16.1. The Hall–Kier alpha value is -1.57. The van der Waals surface area contributed by atoms with E-state index >= 15 is 0 Å². The number of anilines is 1. The second-order valence-corrected chi connectivity index (χ2v) is 5.58. The Morgan fingerprint density at radius 1 is 1.33 bits per heavy atom. The number of rotatable bonds is 3. The Bertz CT molecular complexity index is 453. The molecule has 0 radical (unpaired) electrons. The van der Waals surface area contributed by atoms with Gasteiger partial charge in [-0.25, -0.2) is 0 Å². The van der Waals surface area contributed by atoms with Crippen molar-refractivity contribution in [1.82, 2.24) is 0 Å². The number of benzene rings is 1. The number of carbonyl (C=O) groups is 1. The molecule has 0 aromatic heterocycles. The first-order chi connectivity index (χ1) is 8.34. The molecule has 0 bridgehead atoms. The van der Waals surface area contributed by atoms with Gasteiger partial charge in [-0.3, -0.25) is 4.79 Å². The lowest BCUT2D eigenvalue weighted by atomic mass is 9.86. The molecular weight excluding hydrogens is 222 g/mol. The number of hydrogen-bond acceptors (Lipinski definition) is 1. The maximum absolute atomic E-state index is 11.7. The summed E-state index contributed by atoms with van der Waals surface area (Å²) < 4.78 is 0. The SMILES string of the molecule is CC/C=C/C(=O)Nc1cc(C(C)(C)C)ccc1C. The molecule has 98 valence electrons. The minimum Gasteiger partial charge on any atom is -0.322 e.